The third kappa shape index (κ3) is 4.62. The summed E-state index contributed by atoms with van der Waals surface area (Å²) in [5, 5.41) is 12.1. The Bertz CT molecular complexity index is 197. The molecule has 1 amide bonds. The lowest BCUT2D eigenvalue weighted by Crippen LogP contribution is -2.42. The van der Waals surface area contributed by atoms with E-state index in [1.807, 2.05) is 0 Å². The fourth-order valence-corrected chi connectivity index (χ4v) is 2.11. The molecule has 88 valence electrons. The van der Waals surface area contributed by atoms with Crippen LogP contribution in [-0.4, -0.2) is 48.2 Å². The first-order valence-corrected chi connectivity index (χ1v) is 5.83. The first-order valence-electron chi connectivity index (χ1n) is 5.83. The molecule has 0 aromatic carbocycles. The van der Waals surface area contributed by atoms with Crippen molar-refractivity contribution in [1.29, 1.82) is 0 Å². The molecule has 1 saturated heterocycles. The molecule has 1 aliphatic rings. The van der Waals surface area contributed by atoms with Crippen LogP contribution in [-0.2, 0) is 4.79 Å². The molecule has 2 N–H and O–H groups in total. The molecule has 0 bridgehead atoms. The maximum Gasteiger partial charge on any atom is 0.216 e. The summed E-state index contributed by atoms with van der Waals surface area (Å²) >= 11 is 0. The zero-order valence-corrected chi connectivity index (χ0v) is 9.54. The van der Waals surface area contributed by atoms with Crippen molar-refractivity contribution in [2.45, 2.75) is 38.6 Å². The number of nitrogens with zero attached hydrogens (tertiary/aromatic N) is 1. The van der Waals surface area contributed by atoms with Gasteiger partial charge in [0.15, 0.2) is 0 Å². The van der Waals surface area contributed by atoms with Crippen molar-refractivity contribution in [2.24, 2.45) is 0 Å². The number of hydrogen-bond acceptors (Lipinski definition) is 3. The second-order valence-electron chi connectivity index (χ2n) is 4.20. The molecule has 1 aliphatic heterocycles. The Morgan fingerprint density at radius 3 is 2.93 bits per heavy atom. The van der Waals surface area contributed by atoms with E-state index in [4.69, 9.17) is 0 Å². The van der Waals surface area contributed by atoms with Crippen LogP contribution in [0, 0.1) is 0 Å². The molecule has 0 aromatic heterocycles. The van der Waals surface area contributed by atoms with Crippen molar-refractivity contribution < 1.29 is 9.90 Å². The van der Waals surface area contributed by atoms with E-state index in [1.165, 1.54) is 26.2 Å². The number of aliphatic hydroxyl groups is 1. The Morgan fingerprint density at radius 2 is 2.27 bits per heavy atom. The molecule has 0 saturated carbocycles. The van der Waals surface area contributed by atoms with Crippen LogP contribution >= 0.6 is 0 Å². The van der Waals surface area contributed by atoms with Gasteiger partial charge in [-0.1, -0.05) is 12.8 Å². The van der Waals surface area contributed by atoms with Gasteiger partial charge < -0.3 is 10.4 Å². The van der Waals surface area contributed by atoms with Gasteiger partial charge in [-0.3, -0.25) is 9.69 Å². The largest absolute Gasteiger partial charge is 0.395 e. The SMILES string of the molecule is CC(=O)NCCN1CCCCCC1CO. The van der Waals surface area contributed by atoms with Gasteiger partial charge in [0.05, 0.1) is 6.61 Å². The van der Waals surface area contributed by atoms with Crippen molar-refractivity contribution in [2.75, 3.05) is 26.2 Å². The Kier molecular flexibility index (Phi) is 5.65. The van der Waals surface area contributed by atoms with Crippen LogP contribution in [0.25, 0.3) is 0 Å². The minimum atomic E-state index is 0.0189. The number of likely N-dealkylation sites (tertiary alicyclic amines) is 1. The summed E-state index contributed by atoms with van der Waals surface area (Å²) in [5.41, 5.74) is 0. The predicted octanol–water partition coefficient (Wildman–Crippen LogP) is 0.359. The average Bonchev–Trinajstić information content (AvgIpc) is 2.42. The van der Waals surface area contributed by atoms with Gasteiger partial charge >= 0.3 is 0 Å². The zero-order valence-electron chi connectivity index (χ0n) is 9.54. The Hall–Kier alpha value is -0.610. The Morgan fingerprint density at radius 1 is 1.47 bits per heavy atom. The maximum absolute atomic E-state index is 10.7. The molecule has 1 heterocycles. The van der Waals surface area contributed by atoms with Crippen molar-refractivity contribution in [1.82, 2.24) is 10.2 Å². The highest BCUT2D eigenvalue weighted by atomic mass is 16.3. The van der Waals surface area contributed by atoms with Gasteiger partial charge in [0.2, 0.25) is 5.91 Å². The molecular weight excluding hydrogens is 192 g/mol. The quantitative estimate of drug-likeness (QED) is 0.710. The first-order chi connectivity index (χ1) is 7.24. The molecule has 1 atom stereocenters. The number of rotatable bonds is 4. The highest BCUT2D eigenvalue weighted by Gasteiger charge is 2.19. The lowest BCUT2D eigenvalue weighted by atomic mass is 10.1. The van der Waals surface area contributed by atoms with Gasteiger partial charge in [-0.05, 0) is 19.4 Å². The molecule has 0 radical (unpaired) electrons. The van der Waals surface area contributed by atoms with Crippen LogP contribution in [0.2, 0.25) is 0 Å². The van der Waals surface area contributed by atoms with E-state index in [0.717, 1.165) is 19.5 Å². The van der Waals surface area contributed by atoms with Crippen LogP contribution in [0.1, 0.15) is 32.6 Å². The normalized spacial score (nSPS) is 23.5. The number of carbonyl (C=O) groups is 1. The van der Waals surface area contributed by atoms with E-state index in [2.05, 4.69) is 10.2 Å². The fourth-order valence-electron chi connectivity index (χ4n) is 2.11. The summed E-state index contributed by atoms with van der Waals surface area (Å²) < 4.78 is 0. The van der Waals surface area contributed by atoms with E-state index >= 15 is 0 Å². The minimum Gasteiger partial charge on any atom is -0.395 e. The van der Waals surface area contributed by atoms with Gasteiger partial charge in [0.25, 0.3) is 0 Å². The van der Waals surface area contributed by atoms with Crippen LogP contribution in [0.3, 0.4) is 0 Å². The smallest absolute Gasteiger partial charge is 0.216 e. The first kappa shape index (κ1) is 12.5. The van der Waals surface area contributed by atoms with Crippen LogP contribution in [0.5, 0.6) is 0 Å². The lowest BCUT2D eigenvalue weighted by molar-refractivity contribution is -0.119. The molecule has 15 heavy (non-hydrogen) atoms. The van der Waals surface area contributed by atoms with Crippen molar-refractivity contribution in [3.8, 4) is 0 Å². The molecule has 1 rings (SSSR count). The third-order valence-electron chi connectivity index (χ3n) is 2.98. The number of amides is 1. The molecular formula is C11H22N2O2. The minimum absolute atomic E-state index is 0.0189. The van der Waals surface area contributed by atoms with Crippen LogP contribution in [0.15, 0.2) is 0 Å². The molecule has 1 fully saturated rings. The van der Waals surface area contributed by atoms with E-state index in [1.54, 1.807) is 0 Å². The van der Waals surface area contributed by atoms with E-state index in [0.29, 0.717) is 12.6 Å². The van der Waals surface area contributed by atoms with Gasteiger partial charge in [-0.2, -0.15) is 0 Å². The molecule has 4 nitrogen and oxygen atoms in total. The van der Waals surface area contributed by atoms with E-state index in [-0.39, 0.29) is 12.5 Å². The third-order valence-corrected chi connectivity index (χ3v) is 2.98. The van der Waals surface area contributed by atoms with Gasteiger partial charge in [-0.25, -0.2) is 0 Å². The average molecular weight is 214 g/mol. The highest BCUT2D eigenvalue weighted by Crippen LogP contribution is 2.15. The van der Waals surface area contributed by atoms with Gasteiger partial charge in [0.1, 0.15) is 0 Å². The van der Waals surface area contributed by atoms with Gasteiger partial charge in [-0.15, -0.1) is 0 Å². The Labute approximate surface area is 91.6 Å². The molecule has 4 heteroatoms. The summed E-state index contributed by atoms with van der Waals surface area (Å²) in [7, 11) is 0. The van der Waals surface area contributed by atoms with Crippen molar-refractivity contribution in [3.63, 3.8) is 0 Å². The fraction of sp³-hybridized carbons (Fsp3) is 0.909. The summed E-state index contributed by atoms with van der Waals surface area (Å²) in [5.74, 6) is 0.0189. The molecule has 0 aromatic rings. The molecule has 0 spiro atoms. The Balaban J connectivity index is 2.31. The van der Waals surface area contributed by atoms with Crippen molar-refractivity contribution >= 4 is 5.91 Å². The van der Waals surface area contributed by atoms with Crippen LogP contribution < -0.4 is 5.32 Å². The number of carbonyl (C=O) groups excluding carboxylic acids is 1. The lowest BCUT2D eigenvalue weighted by Gasteiger charge is -2.28. The number of hydrogen-bond donors (Lipinski definition) is 2. The second-order valence-corrected chi connectivity index (χ2v) is 4.20. The number of aliphatic hydroxyl groups excluding tert-OH is 1. The molecule has 0 aliphatic carbocycles. The standard InChI is InChI=1S/C11H22N2O2/c1-10(15)12-6-8-13-7-4-2-3-5-11(13)9-14/h11,14H,2-9H2,1H3,(H,12,15). The van der Waals surface area contributed by atoms with E-state index in [9.17, 15) is 9.90 Å². The van der Waals surface area contributed by atoms with E-state index < -0.39 is 0 Å². The summed E-state index contributed by atoms with van der Waals surface area (Å²) in [6, 6.07) is 0.293. The maximum atomic E-state index is 10.7. The van der Waals surface area contributed by atoms with Gasteiger partial charge in [0, 0.05) is 26.1 Å². The summed E-state index contributed by atoms with van der Waals surface area (Å²) in [6.07, 6.45) is 4.75. The summed E-state index contributed by atoms with van der Waals surface area (Å²) in [6.45, 7) is 4.35. The second kappa shape index (κ2) is 6.80. The molecule has 1 unspecified atom stereocenters. The monoisotopic (exact) mass is 214 g/mol. The number of nitrogens with one attached hydrogen (secondary N) is 1. The van der Waals surface area contributed by atoms with Crippen molar-refractivity contribution in [3.05, 3.63) is 0 Å². The predicted molar refractivity (Wildman–Crippen MR) is 59.6 cm³/mol. The summed E-state index contributed by atoms with van der Waals surface area (Å²) in [4.78, 5) is 13.0. The topological polar surface area (TPSA) is 52.6 Å². The highest BCUT2D eigenvalue weighted by molar-refractivity contribution is 5.72. The zero-order chi connectivity index (χ0) is 11.1. The van der Waals surface area contributed by atoms with Crippen LogP contribution in [0.4, 0.5) is 0 Å².